The van der Waals surface area contributed by atoms with Crippen molar-refractivity contribution in [3.63, 3.8) is 0 Å². The van der Waals surface area contributed by atoms with Crippen LogP contribution in [-0.2, 0) is 25.1 Å². The molecule has 7 nitrogen and oxygen atoms in total. The Bertz CT molecular complexity index is 2240. The smallest absolute Gasteiger partial charge is 0.340 e. The topological polar surface area (TPSA) is 108 Å². The van der Waals surface area contributed by atoms with Crippen molar-refractivity contribution in [1.29, 1.82) is 0 Å². The molecule has 0 atom stereocenters. The molecule has 0 unspecified atom stereocenters. The molecule has 4 aromatic rings. The van der Waals surface area contributed by atoms with Crippen molar-refractivity contribution >= 4 is 52.7 Å². The molecule has 2 heterocycles. The van der Waals surface area contributed by atoms with Gasteiger partial charge in [0.25, 0.3) is 0 Å². The van der Waals surface area contributed by atoms with Gasteiger partial charge in [-0.25, -0.2) is 9.59 Å². The van der Waals surface area contributed by atoms with Gasteiger partial charge in [0.15, 0.2) is 0 Å². The largest absolute Gasteiger partial charge is 0.462 e. The minimum Gasteiger partial charge on any atom is -0.462 e. The van der Waals surface area contributed by atoms with Gasteiger partial charge in [0, 0.05) is 44.7 Å². The van der Waals surface area contributed by atoms with Crippen molar-refractivity contribution in [3.05, 3.63) is 117 Å². The summed E-state index contributed by atoms with van der Waals surface area (Å²) >= 11 is 3.81. The maximum atomic E-state index is 12.1. The predicted octanol–water partition coefficient (Wildman–Crippen LogP) is 9.61. The molecule has 2 aliphatic heterocycles. The molecule has 0 fully saturated rings. The van der Waals surface area contributed by atoms with E-state index in [0.717, 1.165) is 34.6 Å². The van der Waals surface area contributed by atoms with Crippen LogP contribution < -0.4 is 11.1 Å². The maximum Gasteiger partial charge on any atom is 0.340 e. The third-order valence-electron chi connectivity index (χ3n) is 9.46. The molecule has 284 valence electrons. The van der Waals surface area contributed by atoms with Gasteiger partial charge in [-0.05, 0) is 133 Å². The van der Waals surface area contributed by atoms with Crippen LogP contribution in [0.4, 0.5) is 11.4 Å². The molecule has 6 rings (SSSR count). The monoisotopic (exact) mass is 772 g/mol. The van der Waals surface area contributed by atoms with Crippen LogP contribution in [0.1, 0.15) is 115 Å². The van der Waals surface area contributed by atoms with E-state index < -0.39 is 11.9 Å². The number of hydrogen-bond acceptors (Lipinski definition) is 8. The van der Waals surface area contributed by atoms with E-state index in [0.29, 0.717) is 34.7 Å². The average molecular weight is 773 g/mol. The molecular formula is C46H48N2O5S2. The number of esters is 2. The maximum absolute atomic E-state index is 12.1. The van der Waals surface area contributed by atoms with Crippen LogP contribution >= 0.6 is 23.5 Å². The van der Waals surface area contributed by atoms with Crippen molar-refractivity contribution < 1.29 is 23.9 Å². The van der Waals surface area contributed by atoms with E-state index in [9.17, 15) is 14.4 Å². The lowest BCUT2D eigenvalue weighted by atomic mass is 9.81. The van der Waals surface area contributed by atoms with Gasteiger partial charge >= 0.3 is 11.9 Å². The van der Waals surface area contributed by atoms with Crippen molar-refractivity contribution in [2.24, 2.45) is 0 Å². The number of amides is 1. The number of nitrogens with one attached hydrogen (secondary N) is 1. The van der Waals surface area contributed by atoms with Crippen molar-refractivity contribution in [2.75, 3.05) is 35.8 Å². The Kier molecular flexibility index (Phi) is 13.5. The summed E-state index contributed by atoms with van der Waals surface area (Å²) in [5, 5.41) is 2.69. The molecule has 0 radical (unpaired) electrons. The second-order valence-corrected chi connectivity index (χ2v) is 16.8. The lowest BCUT2D eigenvalue weighted by Gasteiger charge is -2.32. The molecule has 0 aliphatic carbocycles. The third-order valence-corrected chi connectivity index (χ3v) is 11.6. The molecule has 0 saturated heterocycles. The Morgan fingerprint density at radius 3 is 1.53 bits per heavy atom. The van der Waals surface area contributed by atoms with Crippen LogP contribution in [0, 0.1) is 23.7 Å². The van der Waals surface area contributed by atoms with Gasteiger partial charge in [0.1, 0.15) is 0 Å². The van der Waals surface area contributed by atoms with Gasteiger partial charge in [0.05, 0.1) is 30.0 Å². The zero-order valence-corrected chi connectivity index (χ0v) is 34.2. The second kappa shape index (κ2) is 18.0. The Morgan fingerprint density at radius 2 is 1.07 bits per heavy atom. The summed E-state index contributed by atoms with van der Waals surface area (Å²) in [4.78, 5) is 38.2. The van der Waals surface area contributed by atoms with Crippen LogP contribution in [0.3, 0.4) is 0 Å². The molecule has 0 aromatic heterocycles. The third kappa shape index (κ3) is 10.6. The lowest BCUT2D eigenvalue weighted by Crippen LogP contribution is -2.22. The van der Waals surface area contributed by atoms with Crippen molar-refractivity contribution in [1.82, 2.24) is 0 Å². The number of hydrogen-bond donors (Lipinski definition) is 2. The zero-order chi connectivity index (χ0) is 39.8. The highest BCUT2D eigenvalue weighted by atomic mass is 32.2. The summed E-state index contributed by atoms with van der Waals surface area (Å²) < 4.78 is 10.1. The van der Waals surface area contributed by atoms with E-state index in [1.807, 2.05) is 29.6 Å². The fraction of sp³-hybridized carbons (Fsp3) is 0.326. The Hall–Kier alpha value is -5.09. The van der Waals surface area contributed by atoms with Gasteiger partial charge in [-0.3, -0.25) is 4.79 Å². The zero-order valence-electron chi connectivity index (χ0n) is 32.6. The first kappa shape index (κ1) is 41.1. The van der Waals surface area contributed by atoms with Gasteiger partial charge in [-0.2, -0.15) is 0 Å². The predicted molar refractivity (Wildman–Crippen MR) is 225 cm³/mol. The quantitative estimate of drug-likeness (QED) is 0.117. The first-order valence-electron chi connectivity index (χ1n) is 18.4. The number of nitrogen functional groups attached to an aromatic ring is 1. The van der Waals surface area contributed by atoms with Crippen LogP contribution in [0.25, 0.3) is 0 Å². The molecule has 0 spiro atoms. The number of rotatable bonds is 5. The van der Waals surface area contributed by atoms with E-state index in [1.165, 1.54) is 34.3 Å². The van der Waals surface area contributed by atoms with Gasteiger partial charge in [-0.15, -0.1) is 23.5 Å². The number of carbonyl (C=O) groups excluding carboxylic acids is 3. The molecule has 2 aliphatic rings. The first-order chi connectivity index (χ1) is 26.2. The number of fused-ring (bicyclic) bond motifs is 2. The standard InChI is InChI=1S/C24H25NO3S.C22H23NO2S/c1-5-28-23(27)19-10-8-18(15-21(19)25-16(2)26)7-6-17-9-11-22-20(14-17)24(3,4)12-13-29-22;1-4-25-21(24)17-9-7-16(14-19(17)23)6-5-15-8-10-20-18(13-15)22(2,3)11-12-26-20/h8-11,14-15H,5,12-13H2,1-4H3,(H,25,26);7-10,13-14H,4,11-12,23H2,1-3H3. The van der Waals surface area contributed by atoms with Gasteiger partial charge in [-0.1, -0.05) is 51.4 Å². The van der Waals surface area contributed by atoms with E-state index in [-0.39, 0.29) is 23.3 Å². The van der Waals surface area contributed by atoms with E-state index in [4.69, 9.17) is 15.2 Å². The SMILES string of the molecule is CCOC(=O)c1ccc(C#Cc2ccc3c(c2)C(C)(C)CCS3)cc1N.CCOC(=O)c1ccc(C#Cc2ccc3c(c2)C(C)(C)CCS3)cc1NC(C)=O. The Morgan fingerprint density at radius 1 is 0.655 bits per heavy atom. The lowest BCUT2D eigenvalue weighted by molar-refractivity contribution is -0.114. The van der Waals surface area contributed by atoms with Crippen LogP contribution in [0.5, 0.6) is 0 Å². The molecule has 0 bridgehead atoms. The van der Waals surface area contributed by atoms with E-state index in [2.05, 4.69) is 87.0 Å². The highest BCUT2D eigenvalue weighted by Crippen LogP contribution is 2.42. The fourth-order valence-corrected chi connectivity index (χ4v) is 9.23. The summed E-state index contributed by atoms with van der Waals surface area (Å²) in [5.74, 6) is 13.9. The van der Waals surface area contributed by atoms with E-state index in [1.54, 1.807) is 50.2 Å². The van der Waals surface area contributed by atoms with Crippen LogP contribution in [0.2, 0.25) is 0 Å². The summed E-state index contributed by atoms with van der Waals surface area (Å²) in [5.41, 5.74) is 14.0. The molecule has 0 saturated carbocycles. The van der Waals surface area contributed by atoms with Crippen LogP contribution in [0.15, 0.2) is 82.6 Å². The summed E-state index contributed by atoms with van der Waals surface area (Å²) in [7, 11) is 0. The number of anilines is 2. The molecule has 3 N–H and O–H groups in total. The summed E-state index contributed by atoms with van der Waals surface area (Å²) in [6.07, 6.45) is 2.32. The minimum absolute atomic E-state index is 0.151. The molecular weight excluding hydrogens is 725 g/mol. The Labute approximate surface area is 333 Å². The molecule has 55 heavy (non-hydrogen) atoms. The first-order valence-corrected chi connectivity index (χ1v) is 20.4. The molecule has 1 amide bonds. The Balaban J connectivity index is 0.000000212. The molecule has 4 aromatic carbocycles. The van der Waals surface area contributed by atoms with Crippen molar-refractivity contribution in [2.45, 2.75) is 81.9 Å². The molecule has 9 heteroatoms. The van der Waals surface area contributed by atoms with Gasteiger partial charge < -0.3 is 20.5 Å². The number of nitrogens with two attached hydrogens (primary N) is 1. The summed E-state index contributed by atoms with van der Waals surface area (Å²) in [6, 6.07) is 23.1. The highest BCUT2D eigenvalue weighted by molar-refractivity contribution is 7.99. The van der Waals surface area contributed by atoms with Crippen molar-refractivity contribution in [3.8, 4) is 23.7 Å². The van der Waals surface area contributed by atoms with E-state index >= 15 is 0 Å². The second-order valence-electron chi connectivity index (χ2n) is 14.6. The number of thioether (sulfide) groups is 2. The minimum atomic E-state index is -0.467. The highest BCUT2D eigenvalue weighted by Gasteiger charge is 2.29. The number of carbonyl (C=O) groups is 3. The average Bonchev–Trinajstić information content (AvgIpc) is 3.13. The normalized spacial score (nSPS) is 14.5. The van der Waals surface area contributed by atoms with Crippen LogP contribution in [-0.4, -0.2) is 42.6 Å². The fourth-order valence-electron chi connectivity index (χ4n) is 6.25. The number of benzene rings is 4. The number of ether oxygens (including phenoxy) is 2. The van der Waals surface area contributed by atoms with Gasteiger partial charge in [0.2, 0.25) is 5.91 Å². The summed E-state index contributed by atoms with van der Waals surface area (Å²) in [6.45, 7) is 14.6.